The molecule has 0 aliphatic carbocycles. The Hall–Kier alpha value is -1.51. The molecule has 1 saturated heterocycles. The van der Waals surface area contributed by atoms with Gasteiger partial charge in [0.25, 0.3) is 5.91 Å². The van der Waals surface area contributed by atoms with Crippen molar-refractivity contribution in [2.45, 2.75) is 12.5 Å². The van der Waals surface area contributed by atoms with Crippen LogP contribution in [0.4, 0.5) is 0 Å². The third-order valence-electron chi connectivity index (χ3n) is 3.07. The van der Waals surface area contributed by atoms with Crippen LogP contribution in [0.1, 0.15) is 12.2 Å². The lowest BCUT2D eigenvalue weighted by Gasteiger charge is -2.22. The van der Waals surface area contributed by atoms with Gasteiger partial charge < -0.3 is 9.52 Å². The number of carboxylic acid groups (broad SMARTS) is 1. The molecular formula is C15H15NO4S3. The molecule has 0 aromatic carbocycles. The zero-order valence-corrected chi connectivity index (χ0v) is 14.7. The number of nitrogens with zero attached hydrogens (tertiary/aromatic N) is 1. The van der Waals surface area contributed by atoms with E-state index in [9.17, 15) is 14.7 Å². The van der Waals surface area contributed by atoms with Crippen LogP contribution in [0.15, 0.2) is 39.9 Å². The molecule has 1 amide bonds. The Morgan fingerprint density at radius 3 is 3.00 bits per heavy atom. The van der Waals surface area contributed by atoms with E-state index >= 15 is 0 Å². The van der Waals surface area contributed by atoms with Crippen LogP contribution in [-0.2, 0) is 9.59 Å². The third-order valence-corrected chi connectivity index (χ3v) is 5.06. The van der Waals surface area contributed by atoms with Crippen molar-refractivity contribution in [2.24, 2.45) is 0 Å². The van der Waals surface area contributed by atoms with Crippen LogP contribution in [0.3, 0.4) is 0 Å². The zero-order valence-electron chi connectivity index (χ0n) is 12.3. The van der Waals surface area contributed by atoms with E-state index in [1.165, 1.54) is 16.7 Å². The molecule has 122 valence electrons. The predicted octanol–water partition coefficient (Wildman–Crippen LogP) is 3.24. The number of amides is 1. The van der Waals surface area contributed by atoms with Gasteiger partial charge in [0.2, 0.25) is 0 Å². The van der Waals surface area contributed by atoms with Crippen LogP contribution in [-0.4, -0.2) is 44.3 Å². The Balaban J connectivity index is 2.13. The van der Waals surface area contributed by atoms with Crippen molar-refractivity contribution in [3.05, 3.63) is 41.2 Å². The number of thioether (sulfide) groups is 2. The van der Waals surface area contributed by atoms with Crippen LogP contribution in [0.25, 0.3) is 6.08 Å². The van der Waals surface area contributed by atoms with Crippen LogP contribution in [0, 0.1) is 0 Å². The fourth-order valence-electron chi connectivity index (χ4n) is 1.97. The summed E-state index contributed by atoms with van der Waals surface area (Å²) in [6.45, 7) is 0. The molecule has 1 fully saturated rings. The average molecular weight is 369 g/mol. The summed E-state index contributed by atoms with van der Waals surface area (Å²) in [6, 6.07) is 2.63. The SMILES string of the molecule is CSCC[C@H](C(=O)O)N1C(=O)/C(=C/C=C/c2ccco2)SC1=S. The molecule has 1 aliphatic rings. The Labute approximate surface area is 147 Å². The second-order valence-electron chi connectivity index (χ2n) is 4.58. The maximum absolute atomic E-state index is 12.4. The Morgan fingerprint density at radius 2 is 2.39 bits per heavy atom. The van der Waals surface area contributed by atoms with Crippen LogP contribution in [0.5, 0.6) is 0 Å². The predicted molar refractivity (Wildman–Crippen MR) is 97.3 cm³/mol. The molecule has 2 rings (SSSR count). The summed E-state index contributed by atoms with van der Waals surface area (Å²) in [4.78, 5) is 25.5. The second kappa shape index (κ2) is 8.37. The minimum atomic E-state index is -1.04. The van der Waals surface area contributed by atoms with Gasteiger partial charge in [-0.3, -0.25) is 9.69 Å². The van der Waals surface area contributed by atoms with Gasteiger partial charge in [-0.25, -0.2) is 4.79 Å². The first-order valence-corrected chi connectivity index (χ1v) is 9.35. The standard InChI is InChI=1S/C15H15NO4S3/c1-22-9-7-11(14(18)19)16-13(17)12(23-15(16)21)6-2-4-10-5-3-8-20-10/h2-6,8,11H,7,9H2,1H3,(H,18,19)/b4-2+,12-6-/t11-/m1/s1. The molecule has 2 heterocycles. The lowest BCUT2D eigenvalue weighted by molar-refractivity contribution is -0.145. The summed E-state index contributed by atoms with van der Waals surface area (Å²) in [5, 5.41) is 9.37. The summed E-state index contributed by atoms with van der Waals surface area (Å²) in [5.74, 6) is -0.0914. The van der Waals surface area contributed by atoms with Crippen molar-refractivity contribution >= 4 is 58.0 Å². The molecule has 0 unspecified atom stereocenters. The number of thiocarbonyl (C=S) groups is 1. The lowest BCUT2D eigenvalue weighted by atomic mass is 10.2. The molecule has 1 aromatic rings. The maximum atomic E-state index is 12.4. The van der Waals surface area contributed by atoms with Gasteiger partial charge in [-0.2, -0.15) is 11.8 Å². The summed E-state index contributed by atoms with van der Waals surface area (Å²) >= 11 is 7.83. The van der Waals surface area contributed by atoms with E-state index in [1.54, 1.807) is 36.6 Å². The number of hydrogen-bond donors (Lipinski definition) is 1. The number of carboxylic acids is 1. The van der Waals surface area contributed by atoms with Crippen LogP contribution >= 0.6 is 35.7 Å². The number of furan rings is 1. The van der Waals surface area contributed by atoms with Gasteiger partial charge in [0, 0.05) is 0 Å². The van der Waals surface area contributed by atoms with Crippen molar-refractivity contribution in [3.63, 3.8) is 0 Å². The maximum Gasteiger partial charge on any atom is 0.326 e. The van der Waals surface area contributed by atoms with Crippen molar-refractivity contribution in [1.82, 2.24) is 4.90 Å². The molecular weight excluding hydrogens is 354 g/mol. The largest absolute Gasteiger partial charge is 0.480 e. The minimum absolute atomic E-state index is 0.279. The highest BCUT2D eigenvalue weighted by Crippen LogP contribution is 2.33. The minimum Gasteiger partial charge on any atom is -0.480 e. The highest BCUT2D eigenvalue weighted by Gasteiger charge is 2.39. The zero-order chi connectivity index (χ0) is 16.8. The van der Waals surface area contributed by atoms with E-state index in [2.05, 4.69) is 0 Å². The highest BCUT2D eigenvalue weighted by atomic mass is 32.2. The quantitative estimate of drug-likeness (QED) is 0.584. The van der Waals surface area contributed by atoms with Crippen molar-refractivity contribution < 1.29 is 19.1 Å². The van der Waals surface area contributed by atoms with Gasteiger partial charge in [-0.05, 0) is 42.7 Å². The van der Waals surface area contributed by atoms with Gasteiger partial charge >= 0.3 is 5.97 Å². The number of hydrogen-bond acceptors (Lipinski definition) is 6. The first-order valence-electron chi connectivity index (χ1n) is 6.73. The molecule has 0 saturated carbocycles. The molecule has 23 heavy (non-hydrogen) atoms. The fourth-order valence-corrected chi connectivity index (χ4v) is 3.74. The van der Waals surface area contributed by atoms with E-state index in [1.807, 2.05) is 6.26 Å². The number of allylic oxidation sites excluding steroid dienone is 2. The fraction of sp³-hybridized carbons (Fsp3) is 0.267. The molecule has 5 nitrogen and oxygen atoms in total. The van der Waals surface area contributed by atoms with Crippen molar-refractivity contribution in [1.29, 1.82) is 0 Å². The van der Waals surface area contributed by atoms with E-state index in [0.29, 0.717) is 22.8 Å². The Kier molecular flexibility index (Phi) is 6.49. The van der Waals surface area contributed by atoms with Gasteiger partial charge in [0.1, 0.15) is 16.1 Å². The van der Waals surface area contributed by atoms with E-state index < -0.39 is 12.0 Å². The van der Waals surface area contributed by atoms with Crippen LogP contribution < -0.4 is 0 Å². The number of rotatable bonds is 7. The second-order valence-corrected chi connectivity index (χ2v) is 7.25. The molecule has 0 bridgehead atoms. The topological polar surface area (TPSA) is 70.8 Å². The Morgan fingerprint density at radius 1 is 1.61 bits per heavy atom. The molecule has 0 radical (unpaired) electrons. The van der Waals surface area contributed by atoms with E-state index in [-0.39, 0.29) is 10.2 Å². The van der Waals surface area contributed by atoms with E-state index in [4.69, 9.17) is 16.6 Å². The third kappa shape index (κ3) is 4.49. The van der Waals surface area contributed by atoms with E-state index in [0.717, 1.165) is 11.8 Å². The normalized spacial score (nSPS) is 18.3. The summed E-state index contributed by atoms with van der Waals surface area (Å²) in [5.41, 5.74) is 0. The van der Waals surface area contributed by atoms with Gasteiger partial charge in [-0.1, -0.05) is 30.1 Å². The summed E-state index contributed by atoms with van der Waals surface area (Å²) in [7, 11) is 0. The average Bonchev–Trinajstić information content (AvgIpc) is 3.11. The molecule has 8 heteroatoms. The molecule has 1 N–H and O–H groups in total. The first kappa shape index (κ1) is 17.8. The number of aliphatic carboxylic acids is 1. The number of carbonyl (C=O) groups is 2. The molecule has 0 spiro atoms. The summed E-state index contributed by atoms with van der Waals surface area (Å²) in [6.07, 6.45) is 8.83. The molecule has 1 aliphatic heterocycles. The lowest BCUT2D eigenvalue weighted by Crippen LogP contribution is -2.44. The van der Waals surface area contributed by atoms with Crippen molar-refractivity contribution in [3.8, 4) is 0 Å². The smallest absolute Gasteiger partial charge is 0.326 e. The van der Waals surface area contributed by atoms with Gasteiger partial charge in [0.15, 0.2) is 0 Å². The first-order chi connectivity index (χ1) is 11.0. The highest BCUT2D eigenvalue weighted by molar-refractivity contribution is 8.26. The summed E-state index contributed by atoms with van der Waals surface area (Å²) < 4.78 is 5.44. The Bertz CT molecular complexity index is 652. The van der Waals surface area contributed by atoms with Gasteiger partial charge in [0.05, 0.1) is 11.2 Å². The molecule has 1 atom stereocenters. The van der Waals surface area contributed by atoms with Gasteiger partial charge in [-0.15, -0.1) is 0 Å². The monoisotopic (exact) mass is 369 g/mol. The van der Waals surface area contributed by atoms with Crippen molar-refractivity contribution in [2.75, 3.05) is 12.0 Å². The van der Waals surface area contributed by atoms with Crippen LogP contribution in [0.2, 0.25) is 0 Å². The number of carbonyl (C=O) groups excluding carboxylic acids is 1. The molecule has 1 aromatic heterocycles.